The Kier molecular flexibility index (Phi) is 4.60. The van der Waals surface area contributed by atoms with Gasteiger partial charge in [0.2, 0.25) is 0 Å². The van der Waals surface area contributed by atoms with E-state index in [4.69, 9.17) is 0 Å². The van der Waals surface area contributed by atoms with E-state index in [1.165, 1.54) is 18.2 Å². The minimum Gasteiger partial charge on any atom is -0.507 e. The number of hydrogen-bond acceptors (Lipinski definition) is 3. The highest BCUT2D eigenvalue weighted by Crippen LogP contribution is 2.31. The molecule has 0 bridgehead atoms. The molecule has 0 radical (unpaired) electrons. The first-order valence-electron chi connectivity index (χ1n) is 8.61. The summed E-state index contributed by atoms with van der Waals surface area (Å²) >= 11 is 0. The number of hydrogen-bond donors (Lipinski definition) is 3. The largest absolute Gasteiger partial charge is 0.507 e. The van der Waals surface area contributed by atoms with Gasteiger partial charge in [0.15, 0.2) is 0 Å². The summed E-state index contributed by atoms with van der Waals surface area (Å²) in [5.74, 6) is -0.673. The average Bonchev–Trinajstić information content (AvgIpc) is 3.21. The lowest BCUT2D eigenvalue weighted by atomic mass is 10.1. The number of phenolic OH excluding ortho intramolecular Hbond substituents is 1. The lowest BCUT2D eigenvalue weighted by Gasteiger charge is -2.06. The second kappa shape index (κ2) is 7.36. The molecule has 28 heavy (non-hydrogen) atoms. The van der Waals surface area contributed by atoms with E-state index in [9.17, 15) is 14.3 Å². The van der Waals surface area contributed by atoms with E-state index < -0.39 is 5.82 Å². The molecule has 0 fully saturated rings. The smallest absolute Gasteiger partial charge is 0.255 e. The molecule has 0 aliphatic heterocycles. The Morgan fingerprint density at radius 2 is 1.71 bits per heavy atom. The highest BCUT2D eigenvalue weighted by molar-refractivity contribution is 6.04. The lowest BCUT2D eigenvalue weighted by Crippen LogP contribution is -2.11. The van der Waals surface area contributed by atoms with Crippen LogP contribution in [-0.2, 0) is 0 Å². The molecule has 0 spiro atoms. The van der Waals surface area contributed by atoms with E-state index in [0.29, 0.717) is 28.2 Å². The van der Waals surface area contributed by atoms with Crippen molar-refractivity contribution in [1.29, 1.82) is 0 Å². The molecule has 5 nitrogen and oxygen atoms in total. The fraction of sp³-hybridized carbons (Fsp3) is 0. The van der Waals surface area contributed by atoms with Gasteiger partial charge in [0, 0.05) is 16.8 Å². The number of anilines is 1. The van der Waals surface area contributed by atoms with Gasteiger partial charge in [-0.1, -0.05) is 30.3 Å². The molecule has 3 N–H and O–H groups in total. The van der Waals surface area contributed by atoms with Crippen molar-refractivity contribution in [2.75, 3.05) is 5.32 Å². The number of carbonyl (C=O) groups excluding carboxylic acids is 1. The molecule has 4 aromatic rings. The van der Waals surface area contributed by atoms with Crippen LogP contribution in [0, 0.1) is 5.82 Å². The number of halogens is 1. The van der Waals surface area contributed by atoms with Crippen LogP contribution in [0.25, 0.3) is 22.5 Å². The molecule has 1 aromatic heterocycles. The van der Waals surface area contributed by atoms with Gasteiger partial charge in [-0.05, 0) is 54.1 Å². The molecule has 3 aromatic carbocycles. The number of aromatic nitrogens is 2. The molecule has 0 atom stereocenters. The van der Waals surface area contributed by atoms with Crippen LogP contribution in [0.3, 0.4) is 0 Å². The molecular formula is C22H16FN3O2. The summed E-state index contributed by atoms with van der Waals surface area (Å²) in [7, 11) is 0. The molecule has 138 valence electrons. The molecular weight excluding hydrogens is 357 g/mol. The molecule has 4 rings (SSSR count). The maximum atomic E-state index is 13.5. The highest BCUT2D eigenvalue weighted by atomic mass is 19.1. The third kappa shape index (κ3) is 3.61. The van der Waals surface area contributed by atoms with Crippen LogP contribution in [0.2, 0.25) is 0 Å². The third-order valence-electron chi connectivity index (χ3n) is 4.30. The quantitative estimate of drug-likeness (QED) is 0.479. The maximum absolute atomic E-state index is 13.5. The number of phenols is 1. The van der Waals surface area contributed by atoms with Gasteiger partial charge in [-0.3, -0.25) is 9.89 Å². The maximum Gasteiger partial charge on any atom is 0.255 e. The number of carbonyl (C=O) groups is 1. The van der Waals surface area contributed by atoms with E-state index in [0.717, 1.165) is 5.56 Å². The van der Waals surface area contributed by atoms with Crippen molar-refractivity contribution in [2.45, 2.75) is 0 Å². The van der Waals surface area contributed by atoms with E-state index >= 15 is 0 Å². The Hall–Kier alpha value is -3.93. The first-order chi connectivity index (χ1) is 13.6. The SMILES string of the molecule is O=C(Nc1ccc(-c2cc(-c3cc(F)ccc3O)n[nH]2)cc1)c1ccccc1. The van der Waals surface area contributed by atoms with Gasteiger partial charge in [-0.15, -0.1) is 0 Å². The predicted octanol–water partition coefficient (Wildman–Crippen LogP) is 4.84. The van der Waals surface area contributed by atoms with Crippen LogP contribution in [0.5, 0.6) is 5.75 Å². The monoisotopic (exact) mass is 373 g/mol. The Balaban J connectivity index is 1.52. The van der Waals surface area contributed by atoms with Gasteiger partial charge in [0.25, 0.3) is 5.91 Å². The summed E-state index contributed by atoms with van der Waals surface area (Å²) in [5, 5.41) is 19.8. The highest BCUT2D eigenvalue weighted by Gasteiger charge is 2.11. The average molecular weight is 373 g/mol. The van der Waals surface area contributed by atoms with Crippen LogP contribution in [0.4, 0.5) is 10.1 Å². The molecule has 0 saturated heterocycles. The van der Waals surface area contributed by atoms with Gasteiger partial charge < -0.3 is 10.4 Å². The molecule has 1 amide bonds. The number of H-pyrrole nitrogens is 1. The zero-order valence-electron chi connectivity index (χ0n) is 14.7. The standard InChI is InChI=1S/C22H16FN3O2/c23-16-8-11-21(27)18(12-16)20-13-19(25-26-20)14-6-9-17(10-7-14)24-22(28)15-4-2-1-3-5-15/h1-13,27H,(H,24,28)(H,25,26). The minimum absolute atomic E-state index is 0.0431. The van der Waals surface area contributed by atoms with Gasteiger partial charge >= 0.3 is 0 Å². The van der Waals surface area contributed by atoms with E-state index in [-0.39, 0.29) is 11.7 Å². The molecule has 0 unspecified atom stereocenters. The Bertz CT molecular complexity index is 1120. The molecule has 0 aliphatic carbocycles. The van der Waals surface area contributed by atoms with Gasteiger partial charge in [0.05, 0.1) is 11.4 Å². The zero-order valence-corrected chi connectivity index (χ0v) is 14.7. The Morgan fingerprint density at radius 3 is 2.46 bits per heavy atom. The number of amides is 1. The normalized spacial score (nSPS) is 10.6. The predicted molar refractivity (Wildman–Crippen MR) is 105 cm³/mol. The van der Waals surface area contributed by atoms with Crippen molar-refractivity contribution < 1.29 is 14.3 Å². The zero-order chi connectivity index (χ0) is 19.5. The molecule has 6 heteroatoms. The van der Waals surface area contributed by atoms with Crippen molar-refractivity contribution in [2.24, 2.45) is 0 Å². The second-order valence-electron chi connectivity index (χ2n) is 6.23. The lowest BCUT2D eigenvalue weighted by molar-refractivity contribution is 0.102. The number of aromatic amines is 1. The number of nitrogens with zero attached hydrogens (tertiary/aromatic N) is 1. The summed E-state index contributed by atoms with van der Waals surface area (Å²) in [6.45, 7) is 0. The fourth-order valence-electron chi connectivity index (χ4n) is 2.85. The fourth-order valence-corrected chi connectivity index (χ4v) is 2.85. The first-order valence-corrected chi connectivity index (χ1v) is 8.61. The second-order valence-corrected chi connectivity index (χ2v) is 6.23. The van der Waals surface area contributed by atoms with E-state index in [1.54, 1.807) is 30.3 Å². The Morgan fingerprint density at radius 1 is 0.964 bits per heavy atom. The summed E-state index contributed by atoms with van der Waals surface area (Å²) in [6, 6.07) is 21.7. The molecule has 0 aliphatic rings. The Labute approximate surface area is 160 Å². The minimum atomic E-state index is -0.448. The molecule has 0 saturated carbocycles. The number of aromatic hydroxyl groups is 1. The summed E-state index contributed by atoms with van der Waals surface area (Å²) in [4.78, 5) is 12.2. The van der Waals surface area contributed by atoms with Crippen molar-refractivity contribution in [3.8, 4) is 28.3 Å². The van der Waals surface area contributed by atoms with E-state index in [1.807, 2.05) is 30.3 Å². The molecule has 1 heterocycles. The summed E-state index contributed by atoms with van der Waals surface area (Å²) in [6.07, 6.45) is 0. The van der Waals surface area contributed by atoms with Crippen molar-refractivity contribution in [1.82, 2.24) is 10.2 Å². The number of benzene rings is 3. The van der Waals surface area contributed by atoms with Crippen molar-refractivity contribution in [3.05, 3.63) is 90.2 Å². The number of nitrogens with one attached hydrogen (secondary N) is 2. The number of rotatable bonds is 4. The van der Waals surface area contributed by atoms with Gasteiger partial charge in [-0.25, -0.2) is 4.39 Å². The third-order valence-corrected chi connectivity index (χ3v) is 4.30. The van der Waals surface area contributed by atoms with Gasteiger partial charge in [-0.2, -0.15) is 5.10 Å². The van der Waals surface area contributed by atoms with Crippen LogP contribution in [0.15, 0.2) is 78.9 Å². The van der Waals surface area contributed by atoms with Crippen molar-refractivity contribution in [3.63, 3.8) is 0 Å². The topological polar surface area (TPSA) is 78.0 Å². The van der Waals surface area contributed by atoms with Crippen LogP contribution >= 0.6 is 0 Å². The first kappa shape index (κ1) is 17.5. The van der Waals surface area contributed by atoms with Crippen LogP contribution in [-0.4, -0.2) is 21.2 Å². The van der Waals surface area contributed by atoms with Gasteiger partial charge in [0.1, 0.15) is 11.6 Å². The van der Waals surface area contributed by atoms with Crippen LogP contribution in [0.1, 0.15) is 10.4 Å². The summed E-state index contributed by atoms with van der Waals surface area (Å²) in [5.41, 5.74) is 3.55. The summed E-state index contributed by atoms with van der Waals surface area (Å²) < 4.78 is 13.5. The van der Waals surface area contributed by atoms with E-state index in [2.05, 4.69) is 15.5 Å². The van der Waals surface area contributed by atoms with Crippen molar-refractivity contribution >= 4 is 11.6 Å². The van der Waals surface area contributed by atoms with Crippen LogP contribution < -0.4 is 5.32 Å².